The molecule has 0 radical (unpaired) electrons. The van der Waals surface area contributed by atoms with Crippen LogP contribution >= 0.6 is 15.9 Å². The van der Waals surface area contributed by atoms with Crippen molar-refractivity contribution < 1.29 is 19.1 Å². The van der Waals surface area contributed by atoms with Crippen LogP contribution in [0.2, 0.25) is 0 Å². The second kappa shape index (κ2) is 4.55. The second-order valence-corrected chi connectivity index (χ2v) is 4.09. The van der Waals surface area contributed by atoms with Crippen molar-refractivity contribution in [2.75, 3.05) is 0 Å². The van der Waals surface area contributed by atoms with Gasteiger partial charge in [-0.15, -0.1) is 0 Å². The Morgan fingerprint density at radius 1 is 1.29 bits per heavy atom. The molecule has 1 heterocycles. The van der Waals surface area contributed by atoms with Crippen molar-refractivity contribution in [1.82, 2.24) is 0 Å². The van der Waals surface area contributed by atoms with Crippen molar-refractivity contribution in [3.63, 3.8) is 0 Å². The number of benzene rings is 1. The Hall–Kier alpha value is -1.88. The van der Waals surface area contributed by atoms with Gasteiger partial charge in [0.25, 0.3) is 0 Å². The van der Waals surface area contributed by atoms with Gasteiger partial charge in [-0.1, -0.05) is 12.1 Å². The van der Waals surface area contributed by atoms with Crippen LogP contribution in [-0.4, -0.2) is 17.4 Å². The predicted molar refractivity (Wildman–Crippen MR) is 64.2 cm³/mol. The maximum atomic E-state index is 10.9. The van der Waals surface area contributed by atoms with E-state index in [0.717, 1.165) is 0 Å². The molecule has 0 bridgehead atoms. The minimum Gasteiger partial charge on any atom is -0.478 e. The molecule has 0 spiro atoms. The van der Waals surface area contributed by atoms with E-state index in [9.17, 15) is 9.59 Å². The van der Waals surface area contributed by atoms with Crippen LogP contribution < -0.4 is 0 Å². The molecule has 17 heavy (non-hydrogen) atoms. The summed E-state index contributed by atoms with van der Waals surface area (Å²) in [5, 5.41) is 8.97. The van der Waals surface area contributed by atoms with Crippen LogP contribution in [0.5, 0.6) is 0 Å². The minimum atomic E-state index is -1.03. The van der Waals surface area contributed by atoms with Gasteiger partial charge >= 0.3 is 5.97 Å². The zero-order valence-corrected chi connectivity index (χ0v) is 10.1. The molecule has 0 aliphatic heterocycles. The summed E-state index contributed by atoms with van der Waals surface area (Å²) in [6.45, 7) is 0. The molecular weight excluding hydrogens is 288 g/mol. The third-order valence-corrected chi connectivity index (χ3v) is 3.09. The standard InChI is InChI=1S/C12H7BrO4/c13-11-8(2-1-3-9(11)12(15)16)10-5-4-7(6-14)17-10/h1-6H,(H,15,16). The second-order valence-electron chi connectivity index (χ2n) is 3.29. The maximum Gasteiger partial charge on any atom is 0.336 e. The molecule has 0 amide bonds. The zero-order valence-electron chi connectivity index (χ0n) is 8.51. The van der Waals surface area contributed by atoms with E-state index in [1.807, 2.05) is 0 Å². The van der Waals surface area contributed by atoms with Crippen LogP contribution in [0.1, 0.15) is 20.9 Å². The molecule has 5 heteroatoms. The number of carbonyl (C=O) groups is 2. The number of rotatable bonds is 3. The minimum absolute atomic E-state index is 0.145. The number of hydrogen-bond donors (Lipinski definition) is 1. The average molecular weight is 295 g/mol. The summed E-state index contributed by atoms with van der Waals surface area (Å²) in [6, 6.07) is 7.97. The first-order valence-corrected chi connectivity index (χ1v) is 5.50. The lowest BCUT2D eigenvalue weighted by atomic mass is 10.1. The molecule has 2 rings (SSSR count). The van der Waals surface area contributed by atoms with Gasteiger partial charge in [-0.25, -0.2) is 4.79 Å². The molecule has 1 aromatic carbocycles. The highest BCUT2D eigenvalue weighted by molar-refractivity contribution is 9.10. The van der Waals surface area contributed by atoms with Crippen molar-refractivity contribution in [3.05, 3.63) is 46.1 Å². The Bertz CT molecular complexity index is 586. The third-order valence-electron chi connectivity index (χ3n) is 2.24. The number of hydrogen-bond acceptors (Lipinski definition) is 3. The molecule has 0 saturated heterocycles. The lowest BCUT2D eigenvalue weighted by molar-refractivity contribution is 0.0695. The molecule has 0 saturated carbocycles. The first-order valence-electron chi connectivity index (χ1n) is 4.70. The normalized spacial score (nSPS) is 10.2. The van der Waals surface area contributed by atoms with Crippen molar-refractivity contribution in [1.29, 1.82) is 0 Å². The topological polar surface area (TPSA) is 67.5 Å². The SMILES string of the molecule is O=Cc1ccc(-c2cccc(C(=O)O)c2Br)o1. The van der Waals surface area contributed by atoms with Crippen LogP contribution in [0.25, 0.3) is 11.3 Å². The molecule has 1 aromatic heterocycles. The number of aromatic carboxylic acids is 1. The van der Waals surface area contributed by atoms with E-state index >= 15 is 0 Å². The number of halogens is 1. The van der Waals surface area contributed by atoms with Gasteiger partial charge in [-0.2, -0.15) is 0 Å². The van der Waals surface area contributed by atoms with E-state index in [1.165, 1.54) is 12.1 Å². The van der Waals surface area contributed by atoms with E-state index in [2.05, 4.69) is 15.9 Å². The van der Waals surface area contributed by atoms with E-state index in [0.29, 0.717) is 22.1 Å². The monoisotopic (exact) mass is 294 g/mol. The van der Waals surface area contributed by atoms with E-state index in [1.54, 1.807) is 18.2 Å². The summed E-state index contributed by atoms with van der Waals surface area (Å²) < 4.78 is 5.67. The first-order chi connectivity index (χ1) is 8.13. The predicted octanol–water partition coefficient (Wildman–Crippen LogP) is 3.22. The van der Waals surface area contributed by atoms with Crippen LogP contribution in [-0.2, 0) is 0 Å². The fourth-order valence-electron chi connectivity index (χ4n) is 1.45. The summed E-state index contributed by atoms with van der Waals surface area (Å²) in [5.41, 5.74) is 0.740. The highest BCUT2D eigenvalue weighted by Crippen LogP contribution is 2.32. The average Bonchev–Trinajstić information content (AvgIpc) is 2.77. The lowest BCUT2D eigenvalue weighted by Crippen LogP contribution is -1.98. The summed E-state index contributed by atoms with van der Waals surface area (Å²) in [6.07, 6.45) is 0.596. The molecule has 1 N–H and O–H groups in total. The summed E-state index contributed by atoms with van der Waals surface area (Å²) in [4.78, 5) is 21.5. The van der Waals surface area contributed by atoms with E-state index in [-0.39, 0.29) is 11.3 Å². The van der Waals surface area contributed by atoms with Crippen molar-refractivity contribution in [3.8, 4) is 11.3 Å². The van der Waals surface area contributed by atoms with Gasteiger partial charge in [0.2, 0.25) is 0 Å². The number of carboxylic acid groups (broad SMARTS) is 1. The fraction of sp³-hybridized carbons (Fsp3) is 0. The molecule has 4 nitrogen and oxygen atoms in total. The van der Waals surface area contributed by atoms with Gasteiger partial charge in [-0.05, 0) is 34.1 Å². The van der Waals surface area contributed by atoms with Crippen LogP contribution in [0, 0.1) is 0 Å². The lowest BCUT2D eigenvalue weighted by Gasteiger charge is -2.04. The van der Waals surface area contributed by atoms with Crippen LogP contribution in [0.3, 0.4) is 0 Å². The number of furan rings is 1. The Morgan fingerprint density at radius 3 is 2.65 bits per heavy atom. The number of aldehydes is 1. The van der Waals surface area contributed by atoms with Gasteiger partial charge in [0, 0.05) is 10.0 Å². The maximum absolute atomic E-state index is 10.9. The summed E-state index contributed by atoms with van der Waals surface area (Å²) in [5.74, 6) is -0.379. The Morgan fingerprint density at radius 2 is 2.06 bits per heavy atom. The smallest absolute Gasteiger partial charge is 0.336 e. The van der Waals surface area contributed by atoms with Gasteiger partial charge in [0.1, 0.15) is 5.76 Å². The van der Waals surface area contributed by atoms with Crippen LogP contribution in [0.15, 0.2) is 39.2 Å². The number of carbonyl (C=O) groups excluding carboxylic acids is 1. The Labute approximate surface area is 105 Å². The quantitative estimate of drug-likeness (QED) is 0.883. The molecule has 0 aliphatic carbocycles. The van der Waals surface area contributed by atoms with E-state index in [4.69, 9.17) is 9.52 Å². The van der Waals surface area contributed by atoms with Crippen molar-refractivity contribution >= 4 is 28.2 Å². The fourth-order valence-corrected chi connectivity index (χ4v) is 2.08. The van der Waals surface area contributed by atoms with Gasteiger partial charge < -0.3 is 9.52 Å². The van der Waals surface area contributed by atoms with Crippen molar-refractivity contribution in [2.24, 2.45) is 0 Å². The summed E-state index contributed by atoms with van der Waals surface area (Å²) in [7, 11) is 0. The third kappa shape index (κ3) is 2.14. The Balaban J connectivity index is 2.55. The highest BCUT2D eigenvalue weighted by Gasteiger charge is 2.14. The van der Waals surface area contributed by atoms with Gasteiger partial charge in [0.05, 0.1) is 5.56 Å². The summed E-state index contributed by atoms with van der Waals surface area (Å²) >= 11 is 3.22. The molecular formula is C12H7BrO4. The van der Waals surface area contributed by atoms with Crippen LogP contribution in [0.4, 0.5) is 0 Å². The Kier molecular flexibility index (Phi) is 3.10. The largest absolute Gasteiger partial charge is 0.478 e. The number of carboxylic acids is 1. The van der Waals surface area contributed by atoms with Gasteiger partial charge in [-0.3, -0.25) is 4.79 Å². The van der Waals surface area contributed by atoms with E-state index < -0.39 is 5.97 Å². The molecule has 0 unspecified atom stereocenters. The molecule has 0 fully saturated rings. The highest BCUT2D eigenvalue weighted by atomic mass is 79.9. The molecule has 0 atom stereocenters. The van der Waals surface area contributed by atoms with Crippen molar-refractivity contribution in [2.45, 2.75) is 0 Å². The first kappa shape index (κ1) is 11.6. The molecule has 0 aliphatic rings. The molecule has 86 valence electrons. The molecule has 2 aromatic rings. The zero-order chi connectivity index (χ0) is 12.4. The van der Waals surface area contributed by atoms with Gasteiger partial charge in [0.15, 0.2) is 12.0 Å².